The molecule has 2 aromatic carbocycles. The molecule has 21 heavy (non-hydrogen) atoms. The number of amides is 1. The lowest BCUT2D eigenvalue weighted by Crippen LogP contribution is -2.30. The lowest BCUT2D eigenvalue weighted by atomic mass is 9.81. The van der Waals surface area contributed by atoms with Gasteiger partial charge in [-0.2, -0.15) is 0 Å². The number of hydrogen-bond donors (Lipinski definition) is 0. The molecule has 3 rings (SSSR count). The predicted octanol–water partition coefficient (Wildman–Crippen LogP) is 4.37. The molecule has 110 valence electrons. The third-order valence-electron chi connectivity index (χ3n) is 4.34. The molecule has 0 radical (unpaired) electrons. The Hall–Kier alpha value is -1.83. The summed E-state index contributed by atoms with van der Waals surface area (Å²) in [5.74, 6) is 0.203. The Kier molecular flexibility index (Phi) is 3.48. The van der Waals surface area contributed by atoms with Crippen molar-refractivity contribution in [3.8, 4) is 0 Å². The molecule has 1 aliphatic heterocycles. The zero-order chi connectivity index (χ0) is 15.0. The van der Waals surface area contributed by atoms with Gasteiger partial charge in [0.25, 0.3) is 5.91 Å². The molecule has 1 amide bonds. The first-order valence-corrected chi connectivity index (χ1v) is 7.80. The average Bonchev–Trinajstić information content (AvgIpc) is 2.98. The van der Waals surface area contributed by atoms with E-state index in [2.05, 4.69) is 45.0 Å². The molecule has 2 nitrogen and oxygen atoms in total. The summed E-state index contributed by atoms with van der Waals surface area (Å²) in [4.78, 5) is 15.1. The molecule has 2 heteroatoms. The maximum Gasteiger partial charge on any atom is 0.254 e. The number of carbonyl (C=O) groups excluding carboxylic acids is 1. The Bertz CT molecular complexity index is 676. The Morgan fingerprint density at radius 3 is 2.33 bits per heavy atom. The van der Waals surface area contributed by atoms with Crippen molar-refractivity contribution in [1.29, 1.82) is 0 Å². The number of fused-ring (bicyclic) bond motifs is 1. The van der Waals surface area contributed by atoms with E-state index in [9.17, 15) is 4.79 Å². The second-order valence-corrected chi connectivity index (χ2v) is 6.96. The topological polar surface area (TPSA) is 20.3 Å². The Labute approximate surface area is 126 Å². The van der Waals surface area contributed by atoms with E-state index in [1.165, 1.54) is 0 Å². The molecule has 1 fully saturated rings. The molecule has 0 aromatic heterocycles. The monoisotopic (exact) mass is 281 g/mol. The molecular weight excluding hydrogens is 258 g/mol. The summed E-state index contributed by atoms with van der Waals surface area (Å²) in [5, 5.41) is 2.23. The largest absolute Gasteiger partial charge is 0.339 e. The van der Waals surface area contributed by atoms with Crippen LogP contribution in [-0.4, -0.2) is 23.9 Å². The standard InChI is InChI=1S/C19H23NO/c1-19(2,3)16-11-10-14-8-4-5-9-15(14)17(16)18(21)20-12-6-7-13-20/h4-5,8-11H,6-7,12-13H2,1-3H3. The van der Waals surface area contributed by atoms with E-state index in [1.54, 1.807) is 0 Å². The van der Waals surface area contributed by atoms with Crippen LogP contribution in [0.2, 0.25) is 0 Å². The molecule has 0 aliphatic carbocycles. The van der Waals surface area contributed by atoms with Gasteiger partial charge in [-0.15, -0.1) is 0 Å². The highest BCUT2D eigenvalue weighted by Crippen LogP contribution is 2.32. The first-order chi connectivity index (χ1) is 9.98. The van der Waals surface area contributed by atoms with Crippen LogP contribution in [-0.2, 0) is 5.41 Å². The molecule has 0 saturated carbocycles. The van der Waals surface area contributed by atoms with E-state index >= 15 is 0 Å². The number of benzene rings is 2. The number of rotatable bonds is 1. The number of likely N-dealkylation sites (tertiary alicyclic amines) is 1. The van der Waals surface area contributed by atoms with E-state index in [0.29, 0.717) is 0 Å². The summed E-state index contributed by atoms with van der Waals surface area (Å²) in [6.45, 7) is 8.32. The van der Waals surface area contributed by atoms with Crippen molar-refractivity contribution < 1.29 is 4.79 Å². The highest BCUT2D eigenvalue weighted by Gasteiger charge is 2.28. The second-order valence-electron chi connectivity index (χ2n) is 6.96. The van der Waals surface area contributed by atoms with Crippen LogP contribution in [0.25, 0.3) is 10.8 Å². The highest BCUT2D eigenvalue weighted by molar-refractivity contribution is 6.08. The minimum absolute atomic E-state index is 0.0330. The van der Waals surface area contributed by atoms with Gasteiger partial charge in [0.1, 0.15) is 0 Å². The van der Waals surface area contributed by atoms with Gasteiger partial charge in [-0.25, -0.2) is 0 Å². The van der Waals surface area contributed by atoms with Crippen molar-refractivity contribution in [2.45, 2.75) is 39.0 Å². The van der Waals surface area contributed by atoms with Crippen molar-refractivity contribution in [1.82, 2.24) is 4.90 Å². The van der Waals surface area contributed by atoms with Crippen LogP contribution in [0.1, 0.15) is 49.5 Å². The van der Waals surface area contributed by atoms with Gasteiger partial charge in [0.05, 0.1) is 5.56 Å². The van der Waals surface area contributed by atoms with Crippen molar-refractivity contribution >= 4 is 16.7 Å². The summed E-state index contributed by atoms with van der Waals surface area (Å²) in [6, 6.07) is 12.5. The normalized spacial score (nSPS) is 15.7. The SMILES string of the molecule is CC(C)(C)c1ccc2ccccc2c1C(=O)N1CCCC1. The maximum atomic E-state index is 13.1. The Morgan fingerprint density at radius 2 is 1.67 bits per heavy atom. The summed E-state index contributed by atoms with van der Waals surface area (Å²) >= 11 is 0. The van der Waals surface area contributed by atoms with Gasteiger partial charge >= 0.3 is 0 Å². The van der Waals surface area contributed by atoms with E-state index in [1.807, 2.05) is 17.0 Å². The quantitative estimate of drug-likeness (QED) is 0.760. The van der Waals surface area contributed by atoms with Gasteiger partial charge < -0.3 is 4.90 Å². The Morgan fingerprint density at radius 1 is 1.00 bits per heavy atom. The summed E-state index contributed by atoms with van der Waals surface area (Å²) in [5.41, 5.74) is 2.02. The molecule has 0 atom stereocenters. The number of carbonyl (C=O) groups is 1. The number of hydrogen-bond acceptors (Lipinski definition) is 1. The summed E-state index contributed by atoms with van der Waals surface area (Å²) < 4.78 is 0. The first kappa shape index (κ1) is 14.1. The van der Waals surface area contributed by atoms with Crippen LogP contribution in [0.4, 0.5) is 0 Å². The third-order valence-corrected chi connectivity index (χ3v) is 4.34. The second kappa shape index (κ2) is 5.18. The van der Waals surface area contributed by atoms with Gasteiger partial charge in [-0.1, -0.05) is 57.2 Å². The smallest absolute Gasteiger partial charge is 0.254 e. The summed E-state index contributed by atoms with van der Waals surface area (Å²) in [6.07, 6.45) is 2.25. The minimum atomic E-state index is -0.0330. The fraction of sp³-hybridized carbons (Fsp3) is 0.421. The zero-order valence-corrected chi connectivity index (χ0v) is 13.1. The maximum absolute atomic E-state index is 13.1. The van der Waals surface area contributed by atoms with Crippen LogP contribution < -0.4 is 0 Å². The summed E-state index contributed by atoms with van der Waals surface area (Å²) in [7, 11) is 0. The molecule has 0 N–H and O–H groups in total. The first-order valence-electron chi connectivity index (χ1n) is 7.80. The van der Waals surface area contributed by atoms with Crippen LogP contribution in [0.5, 0.6) is 0 Å². The number of nitrogens with zero attached hydrogens (tertiary/aromatic N) is 1. The van der Waals surface area contributed by atoms with Crippen molar-refractivity contribution in [2.24, 2.45) is 0 Å². The lowest BCUT2D eigenvalue weighted by Gasteiger charge is -2.26. The van der Waals surface area contributed by atoms with E-state index < -0.39 is 0 Å². The van der Waals surface area contributed by atoms with Gasteiger partial charge in [0, 0.05) is 13.1 Å². The van der Waals surface area contributed by atoms with Gasteiger partial charge in [0.2, 0.25) is 0 Å². The van der Waals surface area contributed by atoms with Crippen LogP contribution in [0.3, 0.4) is 0 Å². The van der Waals surface area contributed by atoms with Gasteiger partial charge in [-0.3, -0.25) is 4.79 Å². The average molecular weight is 281 g/mol. The van der Waals surface area contributed by atoms with Gasteiger partial charge in [0.15, 0.2) is 0 Å². The fourth-order valence-corrected chi connectivity index (χ4v) is 3.21. The minimum Gasteiger partial charge on any atom is -0.339 e. The van der Waals surface area contributed by atoms with E-state index in [4.69, 9.17) is 0 Å². The molecule has 0 unspecified atom stereocenters. The molecule has 0 bridgehead atoms. The van der Waals surface area contributed by atoms with Crippen molar-refractivity contribution in [3.63, 3.8) is 0 Å². The van der Waals surface area contributed by atoms with Crippen LogP contribution in [0, 0.1) is 0 Å². The fourth-order valence-electron chi connectivity index (χ4n) is 3.21. The van der Waals surface area contributed by atoms with Crippen LogP contribution in [0.15, 0.2) is 36.4 Å². The molecule has 2 aromatic rings. The van der Waals surface area contributed by atoms with E-state index in [0.717, 1.165) is 47.8 Å². The third kappa shape index (κ3) is 2.55. The van der Waals surface area contributed by atoms with E-state index in [-0.39, 0.29) is 11.3 Å². The predicted molar refractivity (Wildman–Crippen MR) is 87.8 cm³/mol. The van der Waals surface area contributed by atoms with Crippen LogP contribution >= 0.6 is 0 Å². The molecular formula is C19H23NO. The van der Waals surface area contributed by atoms with Crippen molar-refractivity contribution in [3.05, 3.63) is 47.5 Å². The molecule has 0 spiro atoms. The Balaban J connectivity index is 2.23. The van der Waals surface area contributed by atoms with Gasteiger partial charge in [-0.05, 0) is 34.6 Å². The molecule has 1 saturated heterocycles. The zero-order valence-electron chi connectivity index (χ0n) is 13.1. The molecule has 1 aliphatic rings. The highest BCUT2D eigenvalue weighted by atomic mass is 16.2. The molecule has 1 heterocycles. The lowest BCUT2D eigenvalue weighted by molar-refractivity contribution is 0.0792. The van der Waals surface area contributed by atoms with Crippen molar-refractivity contribution in [2.75, 3.05) is 13.1 Å².